The van der Waals surface area contributed by atoms with E-state index in [4.69, 9.17) is 0 Å². The smallest absolute Gasteiger partial charge is 0.156 e. The highest BCUT2D eigenvalue weighted by molar-refractivity contribution is 8.13. The average molecular weight is 200 g/mol. The van der Waals surface area contributed by atoms with Gasteiger partial charge in [0.15, 0.2) is 5.17 Å². The molecule has 1 aliphatic rings. The van der Waals surface area contributed by atoms with Crippen molar-refractivity contribution in [1.29, 1.82) is 0 Å². The lowest BCUT2D eigenvalue weighted by Gasteiger charge is -2.01. The SMILES string of the molecule is CCCCCCCSC1=NCCN1. The molecule has 0 spiro atoms. The standard InChI is InChI=1S/C10H20N2S/c1-2-3-4-5-6-9-13-10-11-7-8-12-10/h2-9H2,1H3,(H,11,12). The van der Waals surface area contributed by atoms with Gasteiger partial charge in [-0.15, -0.1) is 0 Å². The summed E-state index contributed by atoms with van der Waals surface area (Å²) in [4.78, 5) is 4.34. The molecule has 0 saturated heterocycles. The molecule has 0 aromatic rings. The van der Waals surface area contributed by atoms with Crippen LogP contribution in [0.1, 0.15) is 39.0 Å². The first kappa shape index (κ1) is 10.9. The Bertz CT molecular complexity index is 157. The van der Waals surface area contributed by atoms with E-state index in [0.29, 0.717) is 0 Å². The van der Waals surface area contributed by atoms with Gasteiger partial charge in [0.25, 0.3) is 0 Å². The van der Waals surface area contributed by atoms with Crippen molar-refractivity contribution in [1.82, 2.24) is 5.32 Å². The number of hydrogen-bond acceptors (Lipinski definition) is 3. The maximum atomic E-state index is 4.34. The molecule has 0 atom stereocenters. The van der Waals surface area contributed by atoms with Crippen molar-refractivity contribution in [2.45, 2.75) is 39.0 Å². The topological polar surface area (TPSA) is 24.4 Å². The predicted molar refractivity (Wildman–Crippen MR) is 61.5 cm³/mol. The fourth-order valence-corrected chi connectivity index (χ4v) is 2.28. The third-order valence-corrected chi connectivity index (χ3v) is 3.17. The van der Waals surface area contributed by atoms with Crippen LogP contribution in [0.25, 0.3) is 0 Å². The molecule has 0 aliphatic carbocycles. The van der Waals surface area contributed by atoms with Crippen LogP contribution in [-0.2, 0) is 0 Å². The summed E-state index contributed by atoms with van der Waals surface area (Å²) < 4.78 is 0. The molecule has 1 N–H and O–H groups in total. The fraction of sp³-hybridized carbons (Fsp3) is 0.900. The summed E-state index contributed by atoms with van der Waals surface area (Å²) >= 11 is 1.88. The zero-order valence-corrected chi connectivity index (χ0v) is 9.33. The summed E-state index contributed by atoms with van der Waals surface area (Å²) in [7, 11) is 0. The second-order valence-corrected chi connectivity index (χ2v) is 4.46. The highest BCUT2D eigenvalue weighted by atomic mass is 32.2. The van der Waals surface area contributed by atoms with E-state index in [2.05, 4.69) is 17.2 Å². The van der Waals surface area contributed by atoms with E-state index in [1.165, 1.54) is 37.9 Å². The first-order valence-electron chi connectivity index (χ1n) is 5.34. The van der Waals surface area contributed by atoms with E-state index in [9.17, 15) is 0 Å². The van der Waals surface area contributed by atoms with Gasteiger partial charge in [0.2, 0.25) is 0 Å². The molecule has 1 aliphatic heterocycles. The molecule has 0 fully saturated rings. The number of nitrogens with zero attached hydrogens (tertiary/aromatic N) is 1. The summed E-state index contributed by atoms with van der Waals surface area (Å²) in [6.07, 6.45) is 6.85. The van der Waals surface area contributed by atoms with Crippen molar-refractivity contribution in [2.24, 2.45) is 4.99 Å². The Labute approximate surface area is 85.6 Å². The van der Waals surface area contributed by atoms with Gasteiger partial charge in [0.05, 0.1) is 6.54 Å². The highest BCUT2D eigenvalue weighted by Gasteiger charge is 2.03. The molecule has 0 bridgehead atoms. The van der Waals surface area contributed by atoms with Gasteiger partial charge in [-0.05, 0) is 6.42 Å². The lowest BCUT2D eigenvalue weighted by Crippen LogP contribution is -2.15. The minimum atomic E-state index is 0.970. The number of rotatable bonds is 6. The van der Waals surface area contributed by atoms with Gasteiger partial charge in [-0.2, -0.15) is 0 Å². The summed E-state index contributed by atoms with van der Waals surface area (Å²) in [6, 6.07) is 0. The molecule has 0 aromatic carbocycles. The van der Waals surface area contributed by atoms with Crippen molar-refractivity contribution >= 4 is 16.9 Å². The van der Waals surface area contributed by atoms with E-state index in [1.807, 2.05) is 11.8 Å². The van der Waals surface area contributed by atoms with Crippen LogP contribution >= 0.6 is 11.8 Å². The Morgan fingerprint density at radius 3 is 2.85 bits per heavy atom. The van der Waals surface area contributed by atoms with E-state index < -0.39 is 0 Å². The first-order valence-corrected chi connectivity index (χ1v) is 6.33. The molecule has 2 nitrogen and oxygen atoms in total. The van der Waals surface area contributed by atoms with Gasteiger partial charge in [0, 0.05) is 12.3 Å². The van der Waals surface area contributed by atoms with E-state index in [-0.39, 0.29) is 0 Å². The van der Waals surface area contributed by atoms with Crippen LogP contribution in [0.4, 0.5) is 0 Å². The van der Waals surface area contributed by atoms with Crippen LogP contribution in [0.15, 0.2) is 4.99 Å². The number of aliphatic imine (C=N–C) groups is 1. The fourth-order valence-electron chi connectivity index (χ4n) is 1.35. The maximum Gasteiger partial charge on any atom is 0.156 e. The molecular formula is C10H20N2S. The summed E-state index contributed by atoms with van der Waals surface area (Å²) in [6.45, 7) is 4.27. The molecule has 0 aromatic heterocycles. The van der Waals surface area contributed by atoms with E-state index in [0.717, 1.165) is 18.3 Å². The Morgan fingerprint density at radius 1 is 1.31 bits per heavy atom. The molecule has 0 radical (unpaired) electrons. The lowest BCUT2D eigenvalue weighted by molar-refractivity contribution is 0.659. The average Bonchev–Trinajstić information content (AvgIpc) is 2.63. The zero-order valence-electron chi connectivity index (χ0n) is 8.51. The van der Waals surface area contributed by atoms with Gasteiger partial charge < -0.3 is 5.32 Å². The Kier molecular flexibility index (Phi) is 6.07. The van der Waals surface area contributed by atoms with E-state index in [1.54, 1.807) is 0 Å². The van der Waals surface area contributed by atoms with Gasteiger partial charge in [-0.1, -0.05) is 44.4 Å². The largest absolute Gasteiger partial charge is 0.363 e. The van der Waals surface area contributed by atoms with Crippen molar-refractivity contribution in [3.8, 4) is 0 Å². The number of unbranched alkanes of at least 4 members (excludes halogenated alkanes) is 4. The minimum absolute atomic E-state index is 0.970. The molecule has 13 heavy (non-hydrogen) atoms. The van der Waals surface area contributed by atoms with Crippen molar-refractivity contribution in [3.05, 3.63) is 0 Å². The molecule has 0 unspecified atom stereocenters. The maximum absolute atomic E-state index is 4.34. The molecule has 0 saturated carbocycles. The second kappa shape index (κ2) is 7.25. The van der Waals surface area contributed by atoms with Crippen LogP contribution in [0.3, 0.4) is 0 Å². The molecule has 0 amide bonds. The third-order valence-electron chi connectivity index (χ3n) is 2.13. The molecular weight excluding hydrogens is 180 g/mol. The van der Waals surface area contributed by atoms with Crippen LogP contribution in [0, 0.1) is 0 Å². The number of hydrogen-bond donors (Lipinski definition) is 1. The van der Waals surface area contributed by atoms with Crippen LogP contribution in [-0.4, -0.2) is 24.0 Å². The molecule has 1 heterocycles. The highest BCUT2D eigenvalue weighted by Crippen LogP contribution is 2.10. The Morgan fingerprint density at radius 2 is 2.15 bits per heavy atom. The second-order valence-electron chi connectivity index (χ2n) is 3.38. The molecule has 76 valence electrons. The number of thioether (sulfide) groups is 1. The number of nitrogens with one attached hydrogen (secondary N) is 1. The third kappa shape index (κ3) is 5.19. The summed E-state index contributed by atoms with van der Waals surface area (Å²) in [5, 5.41) is 4.43. The monoisotopic (exact) mass is 200 g/mol. The summed E-state index contributed by atoms with van der Waals surface area (Å²) in [5.41, 5.74) is 0. The van der Waals surface area contributed by atoms with Gasteiger partial charge >= 0.3 is 0 Å². The molecule has 3 heteroatoms. The lowest BCUT2D eigenvalue weighted by atomic mass is 10.2. The van der Waals surface area contributed by atoms with Crippen LogP contribution < -0.4 is 5.32 Å². The molecule has 1 rings (SSSR count). The van der Waals surface area contributed by atoms with Gasteiger partial charge in [0.1, 0.15) is 0 Å². The summed E-state index contributed by atoms with van der Waals surface area (Å²) in [5.74, 6) is 1.23. The number of amidine groups is 1. The normalized spacial score (nSPS) is 15.6. The van der Waals surface area contributed by atoms with Crippen molar-refractivity contribution in [3.63, 3.8) is 0 Å². The van der Waals surface area contributed by atoms with Gasteiger partial charge in [-0.3, -0.25) is 4.99 Å². The van der Waals surface area contributed by atoms with Crippen LogP contribution in [0.5, 0.6) is 0 Å². The Balaban J connectivity index is 1.83. The first-order chi connectivity index (χ1) is 6.43. The van der Waals surface area contributed by atoms with Crippen molar-refractivity contribution < 1.29 is 0 Å². The quantitative estimate of drug-likeness (QED) is 0.667. The van der Waals surface area contributed by atoms with Crippen molar-refractivity contribution in [2.75, 3.05) is 18.8 Å². The van der Waals surface area contributed by atoms with Crippen LogP contribution in [0.2, 0.25) is 0 Å². The predicted octanol–water partition coefficient (Wildman–Crippen LogP) is 2.65. The van der Waals surface area contributed by atoms with Gasteiger partial charge in [-0.25, -0.2) is 0 Å². The zero-order chi connectivity index (χ0) is 9.36. The minimum Gasteiger partial charge on any atom is -0.363 e. The Hall–Kier alpha value is -0.180. The van der Waals surface area contributed by atoms with E-state index >= 15 is 0 Å².